The van der Waals surface area contributed by atoms with Crippen LogP contribution >= 0.6 is 0 Å². The van der Waals surface area contributed by atoms with Crippen molar-refractivity contribution in [2.24, 2.45) is 0 Å². The van der Waals surface area contributed by atoms with Crippen LogP contribution in [0.4, 0.5) is 14.9 Å². The van der Waals surface area contributed by atoms with Crippen LogP contribution < -0.4 is 10.6 Å². The molecule has 0 aliphatic carbocycles. The second-order valence-electron chi connectivity index (χ2n) is 5.21. The molecular weight excluding hydrogens is 267 g/mol. The molecular formula is C17H19FN2O. The third-order valence-corrected chi connectivity index (χ3v) is 3.32. The highest BCUT2D eigenvalue weighted by molar-refractivity contribution is 5.90. The van der Waals surface area contributed by atoms with E-state index in [4.69, 9.17) is 0 Å². The first kappa shape index (κ1) is 15.0. The van der Waals surface area contributed by atoms with Crippen molar-refractivity contribution >= 4 is 11.7 Å². The highest BCUT2D eigenvalue weighted by atomic mass is 19.1. The van der Waals surface area contributed by atoms with Gasteiger partial charge >= 0.3 is 6.03 Å². The van der Waals surface area contributed by atoms with E-state index in [0.29, 0.717) is 12.1 Å². The molecule has 110 valence electrons. The highest BCUT2D eigenvalue weighted by Crippen LogP contribution is 2.16. The lowest BCUT2D eigenvalue weighted by Crippen LogP contribution is -2.28. The van der Waals surface area contributed by atoms with Gasteiger partial charge in [0.1, 0.15) is 5.82 Å². The van der Waals surface area contributed by atoms with E-state index in [0.717, 1.165) is 22.4 Å². The van der Waals surface area contributed by atoms with Crippen molar-refractivity contribution in [2.75, 3.05) is 5.32 Å². The van der Waals surface area contributed by atoms with Crippen molar-refractivity contribution in [3.8, 4) is 0 Å². The molecule has 4 heteroatoms. The van der Waals surface area contributed by atoms with Crippen LogP contribution in [0.25, 0.3) is 0 Å². The molecule has 0 bridgehead atoms. The molecule has 0 saturated heterocycles. The smallest absolute Gasteiger partial charge is 0.319 e. The zero-order valence-corrected chi connectivity index (χ0v) is 12.5. The predicted octanol–water partition coefficient (Wildman–Crippen LogP) is 4.07. The first-order chi connectivity index (χ1) is 9.95. The minimum Gasteiger partial charge on any atom is -0.334 e. The minimum absolute atomic E-state index is 0.237. The largest absolute Gasteiger partial charge is 0.334 e. The number of hydrogen-bond acceptors (Lipinski definition) is 1. The molecule has 0 aliphatic rings. The van der Waals surface area contributed by atoms with E-state index < -0.39 is 0 Å². The molecule has 2 N–H and O–H groups in total. The molecule has 2 aromatic rings. The van der Waals surface area contributed by atoms with Gasteiger partial charge in [-0.15, -0.1) is 0 Å². The van der Waals surface area contributed by atoms with E-state index in [9.17, 15) is 9.18 Å². The Labute approximate surface area is 124 Å². The molecule has 0 spiro atoms. The lowest BCUT2D eigenvalue weighted by molar-refractivity contribution is 0.251. The van der Waals surface area contributed by atoms with Crippen LogP contribution in [-0.2, 0) is 6.54 Å². The summed E-state index contributed by atoms with van der Waals surface area (Å²) in [5, 5.41) is 5.59. The van der Waals surface area contributed by atoms with Crippen LogP contribution in [0.1, 0.15) is 22.3 Å². The summed E-state index contributed by atoms with van der Waals surface area (Å²) in [6.45, 7) is 5.98. The molecule has 0 aromatic heterocycles. The molecule has 2 rings (SSSR count). The molecule has 0 heterocycles. The van der Waals surface area contributed by atoms with Crippen molar-refractivity contribution in [3.63, 3.8) is 0 Å². The normalized spacial score (nSPS) is 10.3. The lowest BCUT2D eigenvalue weighted by atomic mass is 10.1. The molecule has 2 amide bonds. The summed E-state index contributed by atoms with van der Waals surface area (Å²) in [6, 6.07) is 10.4. The number of hydrogen-bond donors (Lipinski definition) is 2. The Kier molecular flexibility index (Phi) is 4.58. The summed E-state index contributed by atoms with van der Waals surface area (Å²) in [5.74, 6) is -0.237. The van der Waals surface area contributed by atoms with Crippen LogP contribution in [0.5, 0.6) is 0 Å². The number of anilines is 1. The fourth-order valence-corrected chi connectivity index (χ4v) is 2.04. The average Bonchev–Trinajstić information content (AvgIpc) is 2.44. The summed E-state index contributed by atoms with van der Waals surface area (Å²) in [6.07, 6.45) is 0. The number of amides is 2. The number of benzene rings is 2. The van der Waals surface area contributed by atoms with Gasteiger partial charge in [-0.2, -0.15) is 0 Å². The summed E-state index contributed by atoms with van der Waals surface area (Å²) < 4.78 is 13.2. The van der Waals surface area contributed by atoms with Crippen molar-refractivity contribution in [1.29, 1.82) is 0 Å². The number of carbonyl (C=O) groups excluding carboxylic acids is 1. The second-order valence-corrected chi connectivity index (χ2v) is 5.21. The van der Waals surface area contributed by atoms with Gasteiger partial charge in [0, 0.05) is 12.2 Å². The number of halogens is 1. The van der Waals surface area contributed by atoms with E-state index in [-0.39, 0.29) is 11.8 Å². The molecule has 0 aliphatic heterocycles. The van der Waals surface area contributed by atoms with Crippen LogP contribution in [0, 0.1) is 26.6 Å². The van der Waals surface area contributed by atoms with Gasteiger partial charge in [0.25, 0.3) is 0 Å². The maximum atomic E-state index is 13.2. The highest BCUT2D eigenvalue weighted by Gasteiger charge is 2.05. The molecule has 21 heavy (non-hydrogen) atoms. The van der Waals surface area contributed by atoms with E-state index in [1.54, 1.807) is 19.1 Å². The van der Waals surface area contributed by atoms with Gasteiger partial charge in [-0.05, 0) is 55.2 Å². The van der Waals surface area contributed by atoms with Crippen LogP contribution in [0.2, 0.25) is 0 Å². The molecule has 0 saturated carbocycles. The van der Waals surface area contributed by atoms with E-state index in [2.05, 4.69) is 10.6 Å². The van der Waals surface area contributed by atoms with Crippen molar-refractivity contribution in [1.82, 2.24) is 5.32 Å². The maximum Gasteiger partial charge on any atom is 0.319 e. The van der Waals surface area contributed by atoms with E-state index >= 15 is 0 Å². The first-order valence-electron chi connectivity index (χ1n) is 6.83. The Morgan fingerprint density at radius 2 is 1.81 bits per heavy atom. The van der Waals surface area contributed by atoms with Gasteiger partial charge in [-0.25, -0.2) is 9.18 Å². The zero-order valence-electron chi connectivity index (χ0n) is 12.5. The Bertz CT molecular complexity index is 668. The number of aryl methyl sites for hydroxylation is 3. The number of nitrogens with one attached hydrogen (secondary N) is 2. The molecule has 0 radical (unpaired) electrons. The SMILES string of the molecule is Cc1ccc(C)c(NC(=O)NCc2ccc(F)c(C)c2)c1. The van der Waals surface area contributed by atoms with E-state index in [1.165, 1.54) is 6.07 Å². The zero-order chi connectivity index (χ0) is 15.4. The van der Waals surface area contributed by atoms with Gasteiger partial charge in [-0.3, -0.25) is 0 Å². The minimum atomic E-state index is -0.273. The monoisotopic (exact) mass is 286 g/mol. The molecule has 0 fully saturated rings. The number of carbonyl (C=O) groups is 1. The third-order valence-electron chi connectivity index (χ3n) is 3.32. The summed E-state index contributed by atoms with van der Waals surface area (Å²) in [5.41, 5.74) is 4.33. The average molecular weight is 286 g/mol. The Hall–Kier alpha value is -2.36. The molecule has 2 aromatic carbocycles. The van der Waals surface area contributed by atoms with Crippen LogP contribution in [0.15, 0.2) is 36.4 Å². The predicted molar refractivity (Wildman–Crippen MR) is 82.9 cm³/mol. The molecule has 0 atom stereocenters. The number of urea groups is 1. The number of rotatable bonds is 3. The van der Waals surface area contributed by atoms with Crippen LogP contribution in [-0.4, -0.2) is 6.03 Å². The van der Waals surface area contributed by atoms with Crippen molar-refractivity contribution in [3.05, 3.63) is 64.5 Å². The quantitative estimate of drug-likeness (QED) is 0.877. The van der Waals surface area contributed by atoms with Gasteiger partial charge in [-0.1, -0.05) is 24.3 Å². The van der Waals surface area contributed by atoms with Crippen LogP contribution in [0.3, 0.4) is 0 Å². The topological polar surface area (TPSA) is 41.1 Å². The van der Waals surface area contributed by atoms with E-state index in [1.807, 2.05) is 32.0 Å². The van der Waals surface area contributed by atoms with Gasteiger partial charge in [0.15, 0.2) is 0 Å². The third kappa shape index (κ3) is 4.05. The summed E-state index contributed by atoms with van der Waals surface area (Å²) in [7, 11) is 0. The van der Waals surface area contributed by atoms with Gasteiger partial charge in [0.05, 0.1) is 0 Å². The van der Waals surface area contributed by atoms with Gasteiger partial charge < -0.3 is 10.6 Å². The Morgan fingerprint density at radius 1 is 1.05 bits per heavy atom. The Balaban J connectivity index is 1.95. The fourth-order valence-electron chi connectivity index (χ4n) is 2.04. The molecule has 3 nitrogen and oxygen atoms in total. The van der Waals surface area contributed by atoms with Crippen molar-refractivity contribution in [2.45, 2.75) is 27.3 Å². The summed E-state index contributed by atoms with van der Waals surface area (Å²) >= 11 is 0. The first-order valence-corrected chi connectivity index (χ1v) is 6.83. The maximum absolute atomic E-state index is 13.2. The second kappa shape index (κ2) is 6.39. The Morgan fingerprint density at radius 3 is 2.52 bits per heavy atom. The lowest BCUT2D eigenvalue weighted by Gasteiger charge is -2.11. The standard InChI is InChI=1S/C17H19FN2O/c1-11-4-5-12(2)16(8-11)20-17(21)19-10-14-6-7-15(18)13(3)9-14/h4-9H,10H2,1-3H3,(H2,19,20,21). The van der Waals surface area contributed by atoms with Crippen molar-refractivity contribution < 1.29 is 9.18 Å². The fraction of sp³-hybridized carbons (Fsp3) is 0.235. The van der Waals surface area contributed by atoms with Gasteiger partial charge in [0.2, 0.25) is 0 Å². The summed E-state index contributed by atoms with van der Waals surface area (Å²) in [4.78, 5) is 11.9. The molecule has 0 unspecified atom stereocenters.